The van der Waals surface area contributed by atoms with E-state index in [9.17, 15) is 4.79 Å². The highest BCUT2D eigenvalue weighted by Gasteiger charge is 2.03. The van der Waals surface area contributed by atoms with Gasteiger partial charge in [-0.1, -0.05) is 26.0 Å². The third-order valence-corrected chi connectivity index (χ3v) is 1.13. The van der Waals surface area contributed by atoms with Crippen LogP contribution in [0.4, 0.5) is 0 Å². The Bertz CT molecular complexity index is 134. The van der Waals surface area contributed by atoms with E-state index in [4.69, 9.17) is 0 Å². The molecule has 0 rings (SSSR count). The van der Waals surface area contributed by atoms with Crippen LogP contribution in [0.15, 0.2) is 12.2 Å². The second kappa shape index (κ2) is 4.26. The molecule has 0 bridgehead atoms. The minimum absolute atomic E-state index is 0.308. The zero-order valence-electron chi connectivity index (χ0n) is 7.11. The van der Waals surface area contributed by atoms with Gasteiger partial charge in [0.1, 0.15) is 5.78 Å². The van der Waals surface area contributed by atoms with E-state index in [2.05, 4.69) is 20.4 Å². The molecule has 0 aliphatic heterocycles. The molecule has 1 nitrogen and oxygen atoms in total. The Balaban J connectivity index is 3.54. The molecule has 0 aromatic carbocycles. The summed E-state index contributed by atoms with van der Waals surface area (Å²) >= 11 is 0. The lowest BCUT2D eigenvalue weighted by Gasteiger charge is -2.02. The Labute approximate surface area is 63.1 Å². The third kappa shape index (κ3) is 5.54. The molecule has 0 fully saturated rings. The van der Waals surface area contributed by atoms with Crippen molar-refractivity contribution in [2.45, 2.75) is 33.6 Å². The summed E-state index contributed by atoms with van der Waals surface area (Å²) in [5, 5.41) is 0. The van der Waals surface area contributed by atoms with Crippen LogP contribution in [-0.2, 0) is 4.79 Å². The van der Waals surface area contributed by atoms with Crippen LogP contribution in [0.3, 0.4) is 0 Å². The molecule has 10 heavy (non-hydrogen) atoms. The summed E-state index contributed by atoms with van der Waals surface area (Å²) in [5.41, 5.74) is 0.964. The van der Waals surface area contributed by atoms with Crippen molar-refractivity contribution in [1.29, 1.82) is 0 Å². The number of hydrogen-bond donors (Lipinski definition) is 0. The maximum atomic E-state index is 11.0. The topological polar surface area (TPSA) is 17.1 Å². The van der Waals surface area contributed by atoms with Gasteiger partial charge in [0.15, 0.2) is 0 Å². The summed E-state index contributed by atoms with van der Waals surface area (Å²) in [6, 6.07) is 0. The van der Waals surface area contributed by atoms with Gasteiger partial charge in [-0.25, -0.2) is 0 Å². The van der Waals surface area contributed by atoms with Crippen LogP contribution in [0.25, 0.3) is 0 Å². The molecule has 0 saturated carbocycles. The van der Waals surface area contributed by atoms with Crippen LogP contribution < -0.4 is 0 Å². The highest BCUT2D eigenvalue weighted by atomic mass is 16.1. The summed E-state index contributed by atoms with van der Waals surface area (Å²) in [5.74, 6) is 0.786. The molecule has 0 saturated heterocycles. The number of carbonyl (C=O) groups is 1. The first-order valence-corrected chi connectivity index (χ1v) is 3.68. The van der Waals surface area contributed by atoms with Gasteiger partial charge in [-0.05, 0) is 12.8 Å². The first-order valence-electron chi connectivity index (χ1n) is 3.68. The molecular weight excluding hydrogens is 124 g/mol. The third-order valence-electron chi connectivity index (χ3n) is 1.13. The van der Waals surface area contributed by atoms with Crippen LogP contribution in [0.1, 0.15) is 33.6 Å². The monoisotopic (exact) mass is 140 g/mol. The summed E-state index contributed by atoms with van der Waals surface area (Å²) < 4.78 is 0. The molecule has 0 atom stereocenters. The number of carbonyl (C=O) groups excluding carboxylic acids is 1. The van der Waals surface area contributed by atoms with E-state index in [1.165, 1.54) is 0 Å². The summed E-state index contributed by atoms with van der Waals surface area (Å²) in [6.07, 6.45) is 1.24. The smallest absolute Gasteiger partial charge is 0.137 e. The van der Waals surface area contributed by atoms with E-state index < -0.39 is 0 Å². The average molecular weight is 140 g/mol. The van der Waals surface area contributed by atoms with E-state index in [1.807, 2.05) is 6.92 Å². The molecule has 0 aromatic rings. The SMILES string of the molecule is C=C(C)CC(=O)CC(C)C. The maximum absolute atomic E-state index is 11.0. The van der Waals surface area contributed by atoms with E-state index in [1.54, 1.807) is 0 Å². The first-order chi connectivity index (χ1) is 4.52. The Morgan fingerprint density at radius 3 is 2.30 bits per heavy atom. The molecule has 0 unspecified atom stereocenters. The van der Waals surface area contributed by atoms with Crippen molar-refractivity contribution in [3.05, 3.63) is 12.2 Å². The van der Waals surface area contributed by atoms with E-state index in [0.717, 1.165) is 5.57 Å². The number of ketones is 1. The van der Waals surface area contributed by atoms with Gasteiger partial charge in [-0.2, -0.15) is 0 Å². The van der Waals surface area contributed by atoms with Crippen LogP contribution in [0.2, 0.25) is 0 Å². The van der Waals surface area contributed by atoms with Gasteiger partial charge in [-0.3, -0.25) is 4.79 Å². The molecule has 1 heteroatoms. The maximum Gasteiger partial charge on any atom is 0.137 e. The number of hydrogen-bond acceptors (Lipinski definition) is 1. The number of Topliss-reactive ketones (excluding diaryl/α,β-unsaturated/α-hetero) is 1. The predicted octanol–water partition coefficient (Wildman–Crippen LogP) is 2.57. The Morgan fingerprint density at radius 1 is 1.50 bits per heavy atom. The van der Waals surface area contributed by atoms with Crippen molar-refractivity contribution in [2.75, 3.05) is 0 Å². The highest BCUT2D eigenvalue weighted by Crippen LogP contribution is 2.06. The fourth-order valence-electron chi connectivity index (χ4n) is 0.864. The van der Waals surface area contributed by atoms with Crippen molar-refractivity contribution in [3.63, 3.8) is 0 Å². The molecule has 58 valence electrons. The summed E-state index contributed by atoms with van der Waals surface area (Å²) in [6.45, 7) is 9.67. The van der Waals surface area contributed by atoms with E-state index >= 15 is 0 Å². The molecule has 0 N–H and O–H groups in total. The Hall–Kier alpha value is -0.590. The molecule has 0 aromatic heterocycles. The predicted molar refractivity (Wildman–Crippen MR) is 43.9 cm³/mol. The zero-order valence-corrected chi connectivity index (χ0v) is 7.11. The van der Waals surface area contributed by atoms with Crippen molar-refractivity contribution in [3.8, 4) is 0 Å². The molecule has 0 aliphatic carbocycles. The molecule has 0 amide bonds. The van der Waals surface area contributed by atoms with Crippen LogP contribution in [0.5, 0.6) is 0 Å². The van der Waals surface area contributed by atoms with Crippen molar-refractivity contribution >= 4 is 5.78 Å². The number of rotatable bonds is 4. The molecule has 0 aliphatic rings. The van der Waals surface area contributed by atoms with Crippen LogP contribution in [0, 0.1) is 5.92 Å². The molecular formula is C9H16O. The van der Waals surface area contributed by atoms with Crippen molar-refractivity contribution in [2.24, 2.45) is 5.92 Å². The minimum Gasteiger partial charge on any atom is -0.299 e. The lowest BCUT2D eigenvalue weighted by Crippen LogP contribution is -2.02. The first kappa shape index (κ1) is 9.41. The highest BCUT2D eigenvalue weighted by molar-refractivity contribution is 5.80. The standard InChI is InChI=1S/C9H16O/c1-7(2)5-9(10)6-8(3)4/h8H,1,5-6H2,2-4H3. The molecule has 0 heterocycles. The van der Waals surface area contributed by atoms with Gasteiger partial charge in [0.05, 0.1) is 0 Å². The van der Waals surface area contributed by atoms with Crippen LogP contribution >= 0.6 is 0 Å². The lowest BCUT2D eigenvalue weighted by molar-refractivity contribution is -0.119. The van der Waals surface area contributed by atoms with Crippen molar-refractivity contribution in [1.82, 2.24) is 0 Å². The summed E-state index contributed by atoms with van der Waals surface area (Å²) in [4.78, 5) is 11.0. The fraction of sp³-hybridized carbons (Fsp3) is 0.667. The van der Waals surface area contributed by atoms with Gasteiger partial charge in [0, 0.05) is 12.8 Å². The Kier molecular flexibility index (Phi) is 4.01. The van der Waals surface area contributed by atoms with Gasteiger partial charge in [0.25, 0.3) is 0 Å². The van der Waals surface area contributed by atoms with E-state index in [0.29, 0.717) is 24.5 Å². The molecule has 0 spiro atoms. The normalized spacial score (nSPS) is 10.0. The quantitative estimate of drug-likeness (QED) is 0.548. The molecule has 0 radical (unpaired) electrons. The fourth-order valence-corrected chi connectivity index (χ4v) is 0.864. The summed E-state index contributed by atoms with van der Waals surface area (Å²) in [7, 11) is 0. The number of allylic oxidation sites excluding steroid dienone is 1. The van der Waals surface area contributed by atoms with Gasteiger partial charge in [0.2, 0.25) is 0 Å². The zero-order chi connectivity index (χ0) is 8.15. The second-order valence-electron chi connectivity index (χ2n) is 3.27. The van der Waals surface area contributed by atoms with Crippen molar-refractivity contribution < 1.29 is 4.79 Å². The van der Waals surface area contributed by atoms with Crippen LogP contribution in [-0.4, -0.2) is 5.78 Å². The van der Waals surface area contributed by atoms with Gasteiger partial charge in [-0.15, -0.1) is 0 Å². The van der Waals surface area contributed by atoms with Gasteiger partial charge >= 0.3 is 0 Å². The lowest BCUT2D eigenvalue weighted by atomic mass is 10.0. The van der Waals surface area contributed by atoms with Gasteiger partial charge < -0.3 is 0 Å². The Morgan fingerprint density at radius 2 is 2.00 bits per heavy atom. The average Bonchev–Trinajstić information content (AvgIpc) is 1.58. The second-order valence-corrected chi connectivity index (χ2v) is 3.27. The minimum atomic E-state index is 0.308. The van der Waals surface area contributed by atoms with E-state index in [-0.39, 0.29) is 0 Å². The largest absolute Gasteiger partial charge is 0.299 e.